The van der Waals surface area contributed by atoms with Gasteiger partial charge in [0.2, 0.25) is 0 Å². The van der Waals surface area contributed by atoms with Gasteiger partial charge in [-0.25, -0.2) is 4.98 Å². The van der Waals surface area contributed by atoms with E-state index in [0.29, 0.717) is 11.9 Å². The summed E-state index contributed by atoms with van der Waals surface area (Å²) in [5.41, 5.74) is 9.08. The Labute approximate surface area is 95.9 Å². The molecule has 0 aliphatic carbocycles. The lowest BCUT2D eigenvalue weighted by Gasteiger charge is -2.05. The monoisotopic (exact) mass is 215 g/mol. The first-order valence-electron chi connectivity index (χ1n) is 5.47. The van der Waals surface area contributed by atoms with Crippen LogP contribution in [-0.2, 0) is 7.05 Å². The zero-order chi connectivity index (χ0) is 11.7. The van der Waals surface area contributed by atoms with Gasteiger partial charge in [-0.05, 0) is 11.5 Å². The van der Waals surface area contributed by atoms with Crippen LogP contribution < -0.4 is 5.73 Å². The van der Waals surface area contributed by atoms with E-state index in [9.17, 15) is 0 Å². The van der Waals surface area contributed by atoms with E-state index >= 15 is 0 Å². The van der Waals surface area contributed by atoms with Gasteiger partial charge >= 0.3 is 0 Å². The summed E-state index contributed by atoms with van der Waals surface area (Å²) in [5, 5.41) is 0. The lowest BCUT2D eigenvalue weighted by molar-refractivity contribution is 0.867. The summed E-state index contributed by atoms with van der Waals surface area (Å²) >= 11 is 0. The molecule has 1 aromatic carbocycles. The lowest BCUT2D eigenvalue weighted by Crippen LogP contribution is -1.94. The summed E-state index contributed by atoms with van der Waals surface area (Å²) in [4.78, 5) is 4.30. The van der Waals surface area contributed by atoms with Crippen LogP contribution in [0.15, 0.2) is 30.5 Å². The Morgan fingerprint density at radius 3 is 2.25 bits per heavy atom. The summed E-state index contributed by atoms with van der Waals surface area (Å²) in [6, 6.07) is 8.48. The number of nitrogens with zero attached hydrogens (tertiary/aromatic N) is 2. The zero-order valence-corrected chi connectivity index (χ0v) is 9.94. The molecule has 0 radical (unpaired) electrons. The van der Waals surface area contributed by atoms with Crippen molar-refractivity contribution < 1.29 is 0 Å². The molecule has 2 aromatic rings. The largest absolute Gasteiger partial charge is 0.369 e. The number of nitrogen functional groups attached to an aromatic ring is 1. The minimum Gasteiger partial charge on any atom is -0.369 e. The Kier molecular flexibility index (Phi) is 2.69. The predicted molar refractivity (Wildman–Crippen MR) is 67.1 cm³/mol. The van der Waals surface area contributed by atoms with Crippen LogP contribution in [0.4, 0.5) is 5.95 Å². The molecule has 0 unspecified atom stereocenters. The van der Waals surface area contributed by atoms with E-state index in [4.69, 9.17) is 5.73 Å². The molecule has 1 heterocycles. The number of nitrogens with two attached hydrogens (primary N) is 1. The second-order valence-electron chi connectivity index (χ2n) is 4.37. The molecule has 84 valence electrons. The van der Waals surface area contributed by atoms with Crippen LogP contribution in [-0.4, -0.2) is 9.55 Å². The average Bonchev–Trinajstić information content (AvgIpc) is 2.59. The second kappa shape index (κ2) is 4.00. The molecule has 0 aliphatic rings. The third-order valence-corrected chi connectivity index (χ3v) is 2.79. The highest BCUT2D eigenvalue weighted by molar-refractivity contribution is 5.60. The Bertz CT molecular complexity index is 461. The number of benzene rings is 1. The van der Waals surface area contributed by atoms with Gasteiger partial charge in [0.25, 0.3) is 0 Å². The molecule has 0 fully saturated rings. The van der Waals surface area contributed by atoms with Gasteiger partial charge in [0.15, 0.2) is 5.95 Å². The summed E-state index contributed by atoms with van der Waals surface area (Å²) in [5.74, 6) is 1.10. The van der Waals surface area contributed by atoms with E-state index in [1.165, 1.54) is 5.56 Å². The van der Waals surface area contributed by atoms with Crippen LogP contribution in [0.25, 0.3) is 11.3 Å². The molecular formula is C13H17N3. The minimum atomic E-state index is 0.544. The van der Waals surface area contributed by atoms with Crippen molar-refractivity contribution in [3.05, 3.63) is 36.0 Å². The normalized spacial score (nSPS) is 11.0. The Balaban J connectivity index is 2.34. The molecule has 16 heavy (non-hydrogen) atoms. The van der Waals surface area contributed by atoms with Gasteiger partial charge in [0, 0.05) is 18.8 Å². The van der Waals surface area contributed by atoms with Crippen molar-refractivity contribution in [2.45, 2.75) is 19.8 Å². The average molecular weight is 215 g/mol. The number of anilines is 1. The van der Waals surface area contributed by atoms with Crippen LogP contribution in [0.1, 0.15) is 25.3 Å². The summed E-state index contributed by atoms with van der Waals surface area (Å²) in [7, 11) is 1.90. The smallest absolute Gasteiger partial charge is 0.200 e. The fourth-order valence-electron chi connectivity index (χ4n) is 1.66. The number of hydrogen-bond donors (Lipinski definition) is 1. The summed E-state index contributed by atoms with van der Waals surface area (Å²) in [6.45, 7) is 4.38. The molecule has 2 N–H and O–H groups in total. The maximum atomic E-state index is 5.71. The Morgan fingerprint density at radius 1 is 1.19 bits per heavy atom. The third kappa shape index (κ3) is 1.94. The highest BCUT2D eigenvalue weighted by Crippen LogP contribution is 2.22. The van der Waals surface area contributed by atoms with E-state index in [1.807, 2.05) is 17.8 Å². The van der Waals surface area contributed by atoms with Gasteiger partial charge < -0.3 is 10.3 Å². The Morgan fingerprint density at radius 2 is 1.81 bits per heavy atom. The minimum absolute atomic E-state index is 0.544. The van der Waals surface area contributed by atoms with E-state index in [2.05, 4.69) is 43.1 Å². The molecule has 3 heteroatoms. The van der Waals surface area contributed by atoms with Crippen molar-refractivity contribution in [1.29, 1.82) is 0 Å². The SMILES string of the molecule is CC(C)c1ccc(-c2cn(C)c(N)n2)cc1. The van der Waals surface area contributed by atoms with Gasteiger partial charge in [0.05, 0.1) is 5.69 Å². The van der Waals surface area contributed by atoms with Crippen molar-refractivity contribution in [2.24, 2.45) is 7.05 Å². The summed E-state index contributed by atoms with van der Waals surface area (Å²) < 4.78 is 1.83. The van der Waals surface area contributed by atoms with Gasteiger partial charge in [-0.15, -0.1) is 0 Å². The van der Waals surface area contributed by atoms with Crippen LogP contribution in [0, 0.1) is 0 Å². The van der Waals surface area contributed by atoms with Gasteiger partial charge in [-0.2, -0.15) is 0 Å². The molecule has 2 rings (SSSR count). The molecule has 0 amide bonds. The topological polar surface area (TPSA) is 43.8 Å². The van der Waals surface area contributed by atoms with Crippen LogP contribution in [0.3, 0.4) is 0 Å². The molecule has 3 nitrogen and oxygen atoms in total. The molecule has 0 bridgehead atoms. The fourth-order valence-corrected chi connectivity index (χ4v) is 1.66. The van der Waals surface area contributed by atoms with Crippen LogP contribution in [0.2, 0.25) is 0 Å². The predicted octanol–water partition coefficient (Wildman–Crippen LogP) is 2.79. The van der Waals surface area contributed by atoms with Crippen molar-refractivity contribution in [3.63, 3.8) is 0 Å². The number of imidazole rings is 1. The van der Waals surface area contributed by atoms with Gasteiger partial charge in [0.1, 0.15) is 0 Å². The number of rotatable bonds is 2. The van der Waals surface area contributed by atoms with Crippen LogP contribution in [0.5, 0.6) is 0 Å². The van der Waals surface area contributed by atoms with E-state index < -0.39 is 0 Å². The molecule has 0 atom stereocenters. The van der Waals surface area contributed by atoms with E-state index in [1.54, 1.807) is 0 Å². The molecule has 1 aromatic heterocycles. The lowest BCUT2D eigenvalue weighted by atomic mass is 10.0. The van der Waals surface area contributed by atoms with Crippen LogP contribution >= 0.6 is 0 Å². The first kappa shape index (κ1) is 10.7. The van der Waals surface area contributed by atoms with Gasteiger partial charge in [-0.1, -0.05) is 38.1 Å². The number of aryl methyl sites for hydroxylation is 1. The maximum Gasteiger partial charge on any atom is 0.200 e. The highest BCUT2D eigenvalue weighted by Gasteiger charge is 2.05. The second-order valence-corrected chi connectivity index (χ2v) is 4.37. The number of aromatic nitrogens is 2. The van der Waals surface area contributed by atoms with Crippen molar-refractivity contribution in [2.75, 3.05) is 5.73 Å². The zero-order valence-electron chi connectivity index (χ0n) is 9.94. The molecule has 0 aliphatic heterocycles. The molecule has 0 saturated carbocycles. The highest BCUT2D eigenvalue weighted by atomic mass is 15.1. The van der Waals surface area contributed by atoms with E-state index in [0.717, 1.165) is 11.3 Å². The first-order chi connectivity index (χ1) is 7.58. The maximum absolute atomic E-state index is 5.71. The standard InChI is InChI=1S/C13H17N3/c1-9(2)10-4-6-11(7-5-10)12-8-16(3)13(14)15-12/h4-9H,1-3H3,(H2,14,15). The van der Waals surface area contributed by atoms with Gasteiger partial charge in [-0.3, -0.25) is 0 Å². The first-order valence-corrected chi connectivity index (χ1v) is 5.47. The third-order valence-electron chi connectivity index (χ3n) is 2.79. The quantitative estimate of drug-likeness (QED) is 0.837. The summed E-state index contributed by atoms with van der Waals surface area (Å²) in [6.07, 6.45) is 1.94. The van der Waals surface area contributed by atoms with Crippen molar-refractivity contribution >= 4 is 5.95 Å². The van der Waals surface area contributed by atoms with E-state index in [-0.39, 0.29) is 0 Å². The van der Waals surface area contributed by atoms with Crippen molar-refractivity contribution in [3.8, 4) is 11.3 Å². The fraction of sp³-hybridized carbons (Fsp3) is 0.308. The number of hydrogen-bond acceptors (Lipinski definition) is 2. The molecule has 0 spiro atoms. The Hall–Kier alpha value is -1.77. The molecular weight excluding hydrogens is 198 g/mol. The molecule has 0 saturated heterocycles. The van der Waals surface area contributed by atoms with Crippen molar-refractivity contribution in [1.82, 2.24) is 9.55 Å².